The Labute approximate surface area is 143 Å². The predicted molar refractivity (Wildman–Crippen MR) is 90.5 cm³/mol. The molecular weight excluding hydrogens is 304 g/mol. The number of hydrogen-bond donors (Lipinski definition) is 0. The Bertz CT molecular complexity index is 657. The van der Waals surface area contributed by atoms with Crippen molar-refractivity contribution in [2.75, 3.05) is 0 Å². The van der Waals surface area contributed by atoms with Crippen LogP contribution in [0.5, 0.6) is 0 Å². The van der Waals surface area contributed by atoms with E-state index >= 15 is 0 Å². The van der Waals surface area contributed by atoms with Crippen LogP contribution in [0.4, 0.5) is 4.79 Å². The van der Waals surface area contributed by atoms with Gasteiger partial charge < -0.3 is 4.74 Å². The Kier molecular flexibility index (Phi) is 4.98. The van der Waals surface area contributed by atoms with Gasteiger partial charge in [-0.1, -0.05) is 30.3 Å². The molecule has 1 heterocycles. The minimum atomic E-state index is -1.51. The highest BCUT2D eigenvalue weighted by atomic mass is 16.6. The summed E-state index contributed by atoms with van der Waals surface area (Å²) in [7, 11) is 0. The average molecular weight is 328 g/mol. The molecule has 1 aliphatic rings. The lowest BCUT2D eigenvalue weighted by Gasteiger charge is -2.45. The smallest absolute Gasteiger partial charge is 0.412 e. The van der Waals surface area contributed by atoms with Gasteiger partial charge in [0.15, 0.2) is 5.54 Å². The van der Waals surface area contributed by atoms with Crippen molar-refractivity contribution in [1.82, 2.24) is 4.90 Å². The van der Waals surface area contributed by atoms with Crippen LogP contribution in [0.1, 0.15) is 57.3 Å². The number of amides is 1. The minimum absolute atomic E-state index is 0.235. The second kappa shape index (κ2) is 6.64. The third-order valence-corrected chi connectivity index (χ3v) is 4.20. The van der Waals surface area contributed by atoms with Crippen LogP contribution in [0.3, 0.4) is 0 Å². The first-order valence-electron chi connectivity index (χ1n) is 8.25. The maximum Gasteiger partial charge on any atom is 0.412 e. The van der Waals surface area contributed by atoms with Crippen molar-refractivity contribution in [1.29, 1.82) is 5.26 Å². The Balaban J connectivity index is 2.46. The molecule has 0 spiro atoms. The lowest BCUT2D eigenvalue weighted by atomic mass is 9.79. The van der Waals surface area contributed by atoms with Crippen LogP contribution in [0, 0.1) is 11.3 Å². The van der Waals surface area contributed by atoms with E-state index in [1.807, 2.05) is 13.0 Å². The van der Waals surface area contributed by atoms with Crippen molar-refractivity contribution in [3.05, 3.63) is 35.9 Å². The monoisotopic (exact) mass is 328 g/mol. The molecule has 0 unspecified atom stereocenters. The molecule has 0 saturated carbocycles. The van der Waals surface area contributed by atoms with Gasteiger partial charge in [-0.3, -0.25) is 9.69 Å². The molecule has 2 atom stereocenters. The molecule has 128 valence electrons. The van der Waals surface area contributed by atoms with E-state index in [2.05, 4.69) is 6.07 Å². The molecule has 0 radical (unpaired) electrons. The molecule has 0 bridgehead atoms. The molecule has 2 rings (SSSR count). The normalized spacial score (nSPS) is 24.1. The number of nitriles is 1. The zero-order chi connectivity index (χ0) is 18.0. The number of benzene rings is 1. The lowest BCUT2D eigenvalue weighted by molar-refractivity contribution is -0.0136. The fourth-order valence-corrected chi connectivity index (χ4v) is 3.14. The van der Waals surface area contributed by atoms with Gasteiger partial charge >= 0.3 is 6.09 Å². The molecule has 1 aromatic rings. The zero-order valence-corrected chi connectivity index (χ0v) is 14.7. The molecule has 5 nitrogen and oxygen atoms in total. The highest BCUT2D eigenvalue weighted by Crippen LogP contribution is 2.36. The summed E-state index contributed by atoms with van der Waals surface area (Å²) in [5.41, 5.74) is -1.77. The summed E-state index contributed by atoms with van der Waals surface area (Å²) >= 11 is 0. The third-order valence-electron chi connectivity index (χ3n) is 4.20. The van der Waals surface area contributed by atoms with Gasteiger partial charge in [0.25, 0.3) is 0 Å². The second-order valence-electron chi connectivity index (χ2n) is 7.26. The fourth-order valence-electron chi connectivity index (χ4n) is 3.14. The third kappa shape index (κ3) is 3.43. The standard InChI is InChI=1S/C19H24N2O3/c1-14-9-8-12-19(13-20,16(22)15-10-6-5-7-11-15)21(14)17(23)24-18(2,3)4/h5-7,10-11,14H,8-9,12H2,1-4H3/t14-,19-/m0/s1. The van der Waals surface area contributed by atoms with Gasteiger partial charge in [0.2, 0.25) is 5.78 Å². The molecule has 1 aliphatic heterocycles. The number of hydrogen-bond acceptors (Lipinski definition) is 4. The summed E-state index contributed by atoms with van der Waals surface area (Å²) in [4.78, 5) is 27.2. The van der Waals surface area contributed by atoms with Crippen molar-refractivity contribution < 1.29 is 14.3 Å². The molecule has 1 fully saturated rings. The Morgan fingerprint density at radius 1 is 1.29 bits per heavy atom. The highest BCUT2D eigenvalue weighted by molar-refractivity contribution is 6.07. The van der Waals surface area contributed by atoms with Gasteiger partial charge in [0.1, 0.15) is 5.60 Å². The second-order valence-corrected chi connectivity index (χ2v) is 7.26. The van der Waals surface area contributed by atoms with Gasteiger partial charge in [-0.05, 0) is 47.0 Å². The molecule has 5 heteroatoms. The Morgan fingerprint density at radius 2 is 1.92 bits per heavy atom. The molecular formula is C19H24N2O3. The number of ketones is 1. The van der Waals surface area contributed by atoms with E-state index in [1.165, 1.54) is 4.90 Å². The summed E-state index contributed by atoms with van der Waals surface area (Å²) in [6.07, 6.45) is 1.17. The maximum absolute atomic E-state index is 13.1. The molecule has 0 aromatic heterocycles. The number of rotatable bonds is 2. The summed E-state index contributed by atoms with van der Waals surface area (Å²) in [5.74, 6) is -0.344. The highest BCUT2D eigenvalue weighted by Gasteiger charge is 2.52. The van der Waals surface area contributed by atoms with E-state index in [-0.39, 0.29) is 11.8 Å². The number of piperidine rings is 1. The first-order valence-corrected chi connectivity index (χ1v) is 8.25. The number of likely N-dealkylation sites (tertiary alicyclic amines) is 1. The molecule has 24 heavy (non-hydrogen) atoms. The summed E-state index contributed by atoms with van der Waals surface area (Å²) < 4.78 is 5.47. The molecule has 1 saturated heterocycles. The predicted octanol–water partition coefficient (Wildman–Crippen LogP) is 3.94. The number of carbonyl (C=O) groups is 2. The zero-order valence-electron chi connectivity index (χ0n) is 14.7. The Hall–Kier alpha value is -2.35. The van der Waals surface area contributed by atoms with Crippen LogP contribution in [0.2, 0.25) is 0 Å². The molecule has 0 aliphatic carbocycles. The van der Waals surface area contributed by atoms with Gasteiger partial charge in [-0.2, -0.15) is 5.26 Å². The van der Waals surface area contributed by atoms with Gasteiger partial charge in [-0.25, -0.2) is 4.79 Å². The van der Waals surface area contributed by atoms with Crippen LogP contribution in [-0.4, -0.2) is 34.0 Å². The van der Waals surface area contributed by atoms with Crippen molar-refractivity contribution in [2.24, 2.45) is 0 Å². The average Bonchev–Trinajstić information content (AvgIpc) is 2.52. The topological polar surface area (TPSA) is 70.4 Å². The first kappa shape index (κ1) is 18.0. The first-order chi connectivity index (χ1) is 11.2. The van der Waals surface area contributed by atoms with E-state index in [0.717, 1.165) is 6.42 Å². The fraction of sp³-hybridized carbons (Fsp3) is 0.526. The number of ether oxygens (including phenoxy) is 1. The van der Waals surface area contributed by atoms with E-state index in [9.17, 15) is 14.9 Å². The summed E-state index contributed by atoms with van der Waals surface area (Å²) in [6.45, 7) is 7.17. The van der Waals surface area contributed by atoms with Crippen LogP contribution in [0.15, 0.2) is 30.3 Å². The maximum atomic E-state index is 13.1. The molecule has 1 amide bonds. The quantitative estimate of drug-likeness (QED) is 0.771. The summed E-state index contributed by atoms with van der Waals surface area (Å²) in [6, 6.07) is 10.6. The summed E-state index contributed by atoms with van der Waals surface area (Å²) in [5, 5.41) is 9.89. The van der Waals surface area contributed by atoms with E-state index in [1.54, 1.807) is 45.0 Å². The minimum Gasteiger partial charge on any atom is -0.444 e. The van der Waals surface area contributed by atoms with Gasteiger partial charge in [0, 0.05) is 11.6 Å². The van der Waals surface area contributed by atoms with Crippen LogP contribution in [-0.2, 0) is 4.74 Å². The van der Waals surface area contributed by atoms with Crippen LogP contribution < -0.4 is 0 Å². The number of carbonyl (C=O) groups excluding carboxylic acids is 2. The van der Waals surface area contributed by atoms with Crippen molar-refractivity contribution >= 4 is 11.9 Å². The van der Waals surface area contributed by atoms with Gasteiger partial charge in [0.05, 0.1) is 6.07 Å². The van der Waals surface area contributed by atoms with Crippen molar-refractivity contribution in [2.45, 2.75) is 64.1 Å². The SMILES string of the molecule is C[C@H]1CCC[C@](C#N)(C(=O)c2ccccc2)N1C(=O)OC(C)(C)C. The van der Waals surface area contributed by atoms with E-state index < -0.39 is 17.2 Å². The number of nitrogens with zero attached hydrogens (tertiary/aromatic N) is 2. The molecule has 0 N–H and O–H groups in total. The number of Topliss-reactive ketones (excluding diaryl/α,β-unsaturated/α-hetero) is 1. The lowest BCUT2D eigenvalue weighted by Crippen LogP contribution is -2.62. The van der Waals surface area contributed by atoms with E-state index in [0.29, 0.717) is 18.4 Å². The van der Waals surface area contributed by atoms with Crippen LogP contribution >= 0.6 is 0 Å². The van der Waals surface area contributed by atoms with Gasteiger partial charge in [-0.15, -0.1) is 0 Å². The molecule has 1 aromatic carbocycles. The van der Waals surface area contributed by atoms with Crippen LogP contribution in [0.25, 0.3) is 0 Å². The van der Waals surface area contributed by atoms with Crippen molar-refractivity contribution in [3.8, 4) is 6.07 Å². The van der Waals surface area contributed by atoms with E-state index in [4.69, 9.17) is 4.74 Å². The Morgan fingerprint density at radius 3 is 2.46 bits per heavy atom. The largest absolute Gasteiger partial charge is 0.444 e. The van der Waals surface area contributed by atoms with Crippen molar-refractivity contribution in [3.63, 3.8) is 0 Å².